The fraction of sp³-hybridized carbons (Fsp3) is 0.462. The van der Waals surface area contributed by atoms with Gasteiger partial charge in [0, 0.05) is 38.7 Å². The molecule has 0 bridgehead atoms. The molecule has 20 heavy (non-hydrogen) atoms. The zero-order valence-electron chi connectivity index (χ0n) is 11.1. The van der Waals surface area contributed by atoms with Crippen molar-refractivity contribution in [3.05, 3.63) is 38.3 Å². The second-order valence-electron chi connectivity index (χ2n) is 4.93. The van der Waals surface area contributed by atoms with Crippen molar-refractivity contribution in [2.45, 2.75) is 25.9 Å². The van der Waals surface area contributed by atoms with Crippen LogP contribution in [0.25, 0.3) is 0 Å². The number of likely N-dealkylation sites (tertiary alicyclic amines) is 1. The third-order valence-electron chi connectivity index (χ3n) is 3.33. The lowest BCUT2D eigenvalue weighted by Crippen LogP contribution is -2.35. The van der Waals surface area contributed by atoms with Crippen molar-refractivity contribution in [1.29, 1.82) is 0 Å². The van der Waals surface area contributed by atoms with Gasteiger partial charge in [0.25, 0.3) is 5.69 Å². The van der Waals surface area contributed by atoms with Crippen LogP contribution >= 0.6 is 15.9 Å². The van der Waals surface area contributed by atoms with Gasteiger partial charge in [0.15, 0.2) is 0 Å². The number of nitrogens with zero attached hydrogens (tertiary/aromatic N) is 2. The fourth-order valence-corrected chi connectivity index (χ4v) is 2.99. The molecular weight excluding hydrogens is 326 g/mol. The van der Waals surface area contributed by atoms with Gasteiger partial charge < -0.3 is 5.32 Å². The topological polar surface area (TPSA) is 75.5 Å². The SMILES string of the molecule is CC(=O)NC1CCN(Cc2cccc([N+](=O)[O-])c2Br)C1. The molecule has 1 amide bonds. The number of benzene rings is 1. The Hall–Kier alpha value is -1.47. The molecule has 0 aromatic heterocycles. The summed E-state index contributed by atoms with van der Waals surface area (Å²) in [5.74, 6) is -0.0200. The van der Waals surface area contributed by atoms with Crippen LogP contribution in [0.2, 0.25) is 0 Å². The van der Waals surface area contributed by atoms with E-state index in [2.05, 4.69) is 26.1 Å². The summed E-state index contributed by atoms with van der Waals surface area (Å²) in [5.41, 5.74) is 0.975. The lowest BCUT2D eigenvalue weighted by atomic mass is 10.2. The molecule has 0 saturated carbocycles. The normalized spacial score (nSPS) is 19.0. The summed E-state index contributed by atoms with van der Waals surface area (Å²) < 4.78 is 0.535. The largest absolute Gasteiger partial charge is 0.352 e. The summed E-state index contributed by atoms with van der Waals surface area (Å²) in [7, 11) is 0. The minimum Gasteiger partial charge on any atom is -0.352 e. The van der Waals surface area contributed by atoms with E-state index in [0.29, 0.717) is 11.0 Å². The molecule has 2 rings (SSSR count). The summed E-state index contributed by atoms with van der Waals surface area (Å²) >= 11 is 3.31. The summed E-state index contributed by atoms with van der Waals surface area (Å²) in [6.45, 7) is 3.80. The lowest BCUT2D eigenvalue weighted by Gasteiger charge is -2.17. The monoisotopic (exact) mass is 341 g/mol. The van der Waals surface area contributed by atoms with Gasteiger partial charge in [-0.2, -0.15) is 0 Å². The van der Waals surface area contributed by atoms with Crippen molar-refractivity contribution in [3.8, 4) is 0 Å². The van der Waals surface area contributed by atoms with Crippen LogP contribution in [0.5, 0.6) is 0 Å². The van der Waals surface area contributed by atoms with Gasteiger partial charge in [0.05, 0.1) is 9.40 Å². The molecule has 1 heterocycles. The van der Waals surface area contributed by atoms with Gasteiger partial charge in [-0.1, -0.05) is 12.1 Å². The van der Waals surface area contributed by atoms with Gasteiger partial charge in [-0.05, 0) is 27.9 Å². The van der Waals surface area contributed by atoms with Gasteiger partial charge in [-0.25, -0.2) is 0 Å². The van der Waals surface area contributed by atoms with Gasteiger partial charge in [0.2, 0.25) is 5.91 Å². The maximum Gasteiger partial charge on any atom is 0.283 e. The first-order valence-corrected chi connectivity index (χ1v) is 7.18. The van der Waals surface area contributed by atoms with E-state index in [1.165, 1.54) is 13.0 Å². The zero-order valence-corrected chi connectivity index (χ0v) is 12.7. The number of nitrogens with one attached hydrogen (secondary N) is 1. The fourth-order valence-electron chi connectivity index (χ4n) is 2.45. The molecule has 1 fully saturated rings. The van der Waals surface area contributed by atoms with Crippen molar-refractivity contribution in [3.63, 3.8) is 0 Å². The van der Waals surface area contributed by atoms with Crippen LogP contribution in [-0.2, 0) is 11.3 Å². The Labute approximate surface area is 125 Å². The Balaban J connectivity index is 2.03. The van der Waals surface area contributed by atoms with E-state index in [9.17, 15) is 14.9 Å². The molecule has 1 unspecified atom stereocenters. The highest BCUT2D eigenvalue weighted by molar-refractivity contribution is 9.10. The van der Waals surface area contributed by atoms with E-state index in [-0.39, 0.29) is 17.6 Å². The Morgan fingerprint density at radius 2 is 2.35 bits per heavy atom. The number of rotatable bonds is 4. The van der Waals surface area contributed by atoms with Crippen molar-refractivity contribution in [2.75, 3.05) is 13.1 Å². The van der Waals surface area contributed by atoms with Crippen molar-refractivity contribution in [2.24, 2.45) is 0 Å². The molecule has 1 atom stereocenters. The van der Waals surface area contributed by atoms with Crippen LogP contribution in [0.1, 0.15) is 18.9 Å². The van der Waals surface area contributed by atoms with Crippen LogP contribution in [0.4, 0.5) is 5.69 Å². The van der Waals surface area contributed by atoms with E-state index in [1.54, 1.807) is 6.07 Å². The average molecular weight is 342 g/mol. The second-order valence-corrected chi connectivity index (χ2v) is 5.72. The molecule has 1 aliphatic rings. The van der Waals surface area contributed by atoms with Crippen LogP contribution in [0.3, 0.4) is 0 Å². The number of nitro benzene ring substituents is 1. The first-order valence-electron chi connectivity index (χ1n) is 6.38. The van der Waals surface area contributed by atoms with Crippen LogP contribution in [0, 0.1) is 10.1 Å². The Bertz CT molecular complexity index is 536. The van der Waals surface area contributed by atoms with E-state index in [1.807, 2.05) is 6.07 Å². The van der Waals surface area contributed by atoms with Gasteiger partial charge in [-0.3, -0.25) is 19.8 Å². The number of amides is 1. The summed E-state index contributed by atoms with van der Waals surface area (Å²) in [5, 5.41) is 13.8. The molecule has 0 radical (unpaired) electrons. The van der Waals surface area contributed by atoms with Crippen LogP contribution in [-0.4, -0.2) is 34.9 Å². The number of hydrogen-bond acceptors (Lipinski definition) is 4. The third-order valence-corrected chi connectivity index (χ3v) is 4.24. The van der Waals surface area contributed by atoms with Crippen molar-refractivity contribution in [1.82, 2.24) is 10.2 Å². The minimum atomic E-state index is -0.391. The van der Waals surface area contributed by atoms with E-state index >= 15 is 0 Å². The van der Waals surface area contributed by atoms with Gasteiger partial charge in [-0.15, -0.1) is 0 Å². The molecule has 7 heteroatoms. The van der Waals surface area contributed by atoms with Crippen molar-refractivity contribution >= 4 is 27.5 Å². The standard InChI is InChI=1S/C13H16BrN3O3/c1-9(18)15-11-5-6-16(8-11)7-10-3-2-4-12(13(10)14)17(19)20/h2-4,11H,5-8H2,1H3,(H,15,18). The minimum absolute atomic E-state index is 0.0200. The number of carbonyl (C=O) groups is 1. The molecule has 1 N–H and O–H groups in total. The predicted octanol–water partition coefficient (Wildman–Crippen LogP) is 2.07. The highest BCUT2D eigenvalue weighted by Gasteiger charge is 2.24. The van der Waals surface area contributed by atoms with Gasteiger partial charge in [0.1, 0.15) is 0 Å². The van der Waals surface area contributed by atoms with Crippen LogP contribution < -0.4 is 5.32 Å². The molecule has 1 aromatic rings. The summed E-state index contributed by atoms with van der Waals surface area (Å²) in [4.78, 5) is 23.7. The molecule has 1 aromatic carbocycles. The third kappa shape index (κ3) is 3.55. The molecule has 0 spiro atoms. The Morgan fingerprint density at radius 1 is 1.60 bits per heavy atom. The van der Waals surface area contributed by atoms with E-state index < -0.39 is 4.92 Å². The van der Waals surface area contributed by atoms with Crippen molar-refractivity contribution < 1.29 is 9.72 Å². The highest BCUT2D eigenvalue weighted by atomic mass is 79.9. The molecular formula is C13H16BrN3O3. The molecule has 1 saturated heterocycles. The average Bonchev–Trinajstić information content (AvgIpc) is 2.78. The van der Waals surface area contributed by atoms with E-state index in [4.69, 9.17) is 0 Å². The van der Waals surface area contributed by atoms with Crippen LogP contribution in [0.15, 0.2) is 22.7 Å². The highest BCUT2D eigenvalue weighted by Crippen LogP contribution is 2.29. The number of halogens is 1. The smallest absolute Gasteiger partial charge is 0.283 e. The maximum absolute atomic E-state index is 11.0. The predicted molar refractivity (Wildman–Crippen MR) is 78.3 cm³/mol. The quantitative estimate of drug-likeness (QED) is 0.671. The molecule has 6 nitrogen and oxygen atoms in total. The first kappa shape index (κ1) is 14.9. The molecule has 0 aliphatic carbocycles. The number of nitro groups is 1. The number of carbonyl (C=O) groups excluding carboxylic acids is 1. The Morgan fingerprint density at radius 3 is 3.00 bits per heavy atom. The molecule has 1 aliphatic heterocycles. The molecule has 108 valence electrons. The van der Waals surface area contributed by atoms with E-state index in [0.717, 1.165) is 25.1 Å². The first-order chi connectivity index (χ1) is 9.47. The Kier molecular flexibility index (Phi) is 4.72. The number of hydrogen-bond donors (Lipinski definition) is 1. The van der Waals surface area contributed by atoms with Gasteiger partial charge >= 0.3 is 0 Å². The lowest BCUT2D eigenvalue weighted by molar-refractivity contribution is -0.385. The second kappa shape index (κ2) is 6.32. The maximum atomic E-state index is 11.0. The summed E-state index contributed by atoms with van der Waals surface area (Å²) in [6, 6.07) is 5.23. The summed E-state index contributed by atoms with van der Waals surface area (Å²) in [6.07, 6.45) is 0.909. The zero-order chi connectivity index (χ0) is 14.7.